The molecule has 14 heteroatoms. The maximum atomic E-state index is 13.7. The van der Waals surface area contributed by atoms with Gasteiger partial charge in [-0.1, -0.05) is 61.6 Å². The fraction of sp³-hybridized carbons (Fsp3) is 0.440. The van der Waals surface area contributed by atoms with Crippen molar-refractivity contribution in [1.82, 2.24) is 10.2 Å². The van der Waals surface area contributed by atoms with E-state index in [1.807, 2.05) is 13.8 Å². The van der Waals surface area contributed by atoms with Crippen molar-refractivity contribution in [2.75, 3.05) is 23.7 Å². The van der Waals surface area contributed by atoms with E-state index in [4.69, 9.17) is 34.8 Å². The molecule has 0 aliphatic rings. The second-order valence-electron chi connectivity index (χ2n) is 9.22. The molecule has 0 unspecified atom stereocenters. The van der Waals surface area contributed by atoms with Gasteiger partial charge in [-0.3, -0.25) is 13.9 Å². The van der Waals surface area contributed by atoms with Gasteiger partial charge in [-0.25, -0.2) is 8.42 Å². The molecule has 2 amide bonds. The van der Waals surface area contributed by atoms with E-state index in [1.54, 1.807) is 13.0 Å². The molecule has 216 valence electrons. The number of carbonyl (C=O) groups is 2. The molecule has 2 aromatic rings. The van der Waals surface area contributed by atoms with Gasteiger partial charge in [0.1, 0.15) is 12.6 Å². The van der Waals surface area contributed by atoms with E-state index in [2.05, 4.69) is 5.32 Å². The van der Waals surface area contributed by atoms with Crippen LogP contribution >= 0.6 is 34.8 Å². The minimum atomic E-state index is -4.79. The SMILES string of the molecule is CC[C@H](C(=O)NCC(C)C)N(Cc1c(Cl)cccc1Cl)C(=O)CN(c1cc(C(F)(F)F)ccc1Cl)S(C)(=O)=O. The lowest BCUT2D eigenvalue weighted by Crippen LogP contribution is -2.52. The Morgan fingerprint density at radius 2 is 1.62 bits per heavy atom. The monoisotopic (exact) mass is 629 g/mol. The molecule has 0 aromatic heterocycles. The molecule has 0 aliphatic carbocycles. The Hall–Kier alpha value is -2.21. The third-order valence-electron chi connectivity index (χ3n) is 5.68. The van der Waals surface area contributed by atoms with E-state index in [-0.39, 0.29) is 34.0 Å². The minimum Gasteiger partial charge on any atom is -0.354 e. The number of anilines is 1. The Kier molecular flexibility index (Phi) is 11.4. The summed E-state index contributed by atoms with van der Waals surface area (Å²) in [6.07, 6.45) is -3.92. The molecule has 0 aliphatic heterocycles. The first-order valence-electron chi connectivity index (χ1n) is 11.8. The molecule has 0 spiro atoms. The highest BCUT2D eigenvalue weighted by Gasteiger charge is 2.35. The third kappa shape index (κ3) is 8.89. The van der Waals surface area contributed by atoms with Crippen LogP contribution in [0.25, 0.3) is 0 Å². The Balaban J connectivity index is 2.59. The number of nitrogens with one attached hydrogen (secondary N) is 1. The van der Waals surface area contributed by atoms with Gasteiger partial charge in [-0.2, -0.15) is 13.2 Å². The van der Waals surface area contributed by atoms with Crippen molar-refractivity contribution in [2.24, 2.45) is 5.92 Å². The fourth-order valence-corrected chi connectivity index (χ4v) is 5.31. The van der Waals surface area contributed by atoms with Crippen LogP contribution in [0.5, 0.6) is 0 Å². The van der Waals surface area contributed by atoms with Crippen LogP contribution in [0.1, 0.15) is 38.3 Å². The Morgan fingerprint density at radius 1 is 1.03 bits per heavy atom. The quantitative estimate of drug-likeness (QED) is 0.330. The highest BCUT2D eigenvalue weighted by Crippen LogP contribution is 2.36. The zero-order valence-electron chi connectivity index (χ0n) is 21.7. The number of rotatable bonds is 11. The van der Waals surface area contributed by atoms with Crippen LogP contribution in [0, 0.1) is 5.92 Å². The minimum absolute atomic E-state index is 0.109. The summed E-state index contributed by atoms with van der Waals surface area (Å²) in [4.78, 5) is 27.9. The summed E-state index contributed by atoms with van der Waals surface area (Å²) in [5, 5.41) is 2.85. The summed E-state index contributed by atoms with van der Waals surface area (Å²) in [7, 11) is -4.31. The number of sulfonamides is 1. The molecule has 0 saturated heterocycles. The van der Waals surface area contributed by atoms with Crippen molar-refractivity contribution in [2.45, 2.75) is 46.0 Å². The van der Waals surface area contributed by atoms with Crippen LogP contribution in [0.3, 0.4) is 0 Å². The van der Waals surface area contributed by atoms with Gasteiger partial charge < -0.3 is 10.2 Å². The van der Waals surface area contributed by atoms with Crippen LogP contribution in [0.15, 0.2) is 36.4 Å². The summed E-state index contributed by atoms with van der Waals surface area (Å²) in [5.74, 6) is -1.26. The van der Waals surface area contributed by atoms with Gasteiger partial charge in [0.15, 0.2) is 0 Å². The number of halogens is 6. The van der Waals surface area contributed by atoms with Crippen LogP contribution in [0.4, 0.5) is 18.9 Å². The number of hydrogen-bond acceptors (Lipinski definition) is 4. The summed E-state index contributed by atoms with van der Waals surface area (Å²) in [6.45, 7) is 4.55. The van der Waals surface area contributed by atoms with Gasteiger partial charge in [0.25, 0.3) is 0 Å². The van der Waals surface area contributed by atoms with Crippen LogP contribution in [-0.4, -0.2) is 50.5 Å². The first-order chi connectivity index (χ1) is 18.0. The van der Waals surface area contributed by atoms with Crippen molar-refractivity contribution in [1.29, 1.82) is 0 Å². The topological polar surface area (TPSA) is 86.8 Å². The molecule has 39 heavy (non-hydrogen) atoms. The predicted molar refractivity (Wildman–Crippen MR) is 148 cm³/mol. The van der Waals surface area contributed by atoms with Crippen molar-refractivity contribution >= 4 is 62.3 Å². The van der Waals surface area contributed by atoms with E-state index >= 15 is 0 Å². The Labute approximate surface area is 241 Å². The molecule has 2 aromatic carbocycles. The lowest BCUT2D eigenvalue weighted by Gasteiger charge is -2.33. The van der Waals surface area contributed by atoms with E-state index in [1.165, 1.54) is 12.1 Å². The third-order valence-corrected chi connectivity index (χ3v) is 7.84. The van der Waals surface area contributed by atoms with E-state index < -0.39 is 51.9 Å². The molecule has 0 fully saturated rings. The zero-order chi connectivity index (χ0) is 29.7. The lowest BCUT2D eigenvalue weighted by molar-refractivity contribution is -0.140. The fourth-order valence-electron chi connectivity index (χ4n) is 3.67. The van der Waals surface area contributed by atoms with Gasteiger partial charge in [0, 0.05) is 28.7 Å². The standard InChI is InChI=1S/C25H29Cl3F3N3O4S/c1-5-21(24(36)32-12-15(2)3)33(13-17-18(26)7-6-8-19(17)27)23(35)14-34(39(4,37)38)22-11-16(25(29,30)31)9-10-20(22)28/h6-11,15,21H,5,12-14H2,1-4H3,(H,32,36)/t21-/m1/s1. The number of nitrogens with zero attached hydrogens (tertiary/aromatic N) is 2. The summed E-state index contributed by atoms with van der Waals surface area (Å²) in [5.41, 5.74) is -1.37. The summed E-state index contributed by atoms with van der Waals surface area (Å²) < 4.78 is 66.1. The zero-order valence-corrected chi connectivity index (χ0v) is 24.7. The number of carbonyl (C=O) groups excluding carboxylic acids is 2. The highest BCUT2D eigenvalue weighted by molar-refractivity contribution is 7.92. The van der Waals surface area contributed by atoms with Gasteiger partial charge in [0.05, 0.1) is 22.5 Å². The van der Waals surface area contributed by atoms with Crippen molar-refractivity contribution in [3.05, 3.63) is 62.6 Å². The average Bonchev–Trinajstić information content (AvgIpc) is 2.81. The first-order valence-corrected chi connectivity index (χ1v) is 14.8. The van der Waals surface area contributed by atoms with E-state index in [0.717, 1.165) is 17.2 Å². The van der Waals surface area contributed by atoms with E-state index in [9.17, 15) is 31.2 Å². The smallest absolute Gasteiger partial charge is 0.354 e. The number of amides is 2. The van der Waals surface area contributed by atoms with Gasteiger partial charge in [0.2, 0.25) is 21.8 Å². The number of benzene rings is 2. The summed E-state index contributed by atoms with van der Waals surface area (Å²) >= 11 is 18.7. The molecule has 2 rings (SSSR count). The van der Waals surface area contributed by atoms with E-state index in [0.29, 0.717) is 28.5 Å². The van der Waals surface area contributed by atoms with Crippen molar-refractivity contribution < 1.29 is 31.2 Å². The molecule has 1 N–H and O–H groups in total. The van der Waals surface area contributed by atoms with Gasteiger partial charge in [-0.05, 0) is 42.7 Å². The molecule has 7 nitrogen and oxygen atoms in total. The lowest BCUT2D eigenvalue weighted by atomic mass is 10.1. The molecule has 0 saturated carbocycles. The average molecular weight is 631 g/mol. The maximum absolute atomic E-state index is 13.7. The van der Waals surface area contributed by atoms with Crippen molar-refractivity contribution in [3.63, 3.8) is 0 Å². The molecule has 0 bridgehead atoms. The second kappa shape index (κ2) is 13.4. The molecular weight excluding hydrogens is 602 g/mol. The van der Waals surface area contributed by atoms with Gasteiger partial charge in [-0.15, -0.1) is 0 Å². The Bertz CT molecular complexity index is 1290. The van der Waals surface area contributed by atoms with Crippen molar-refractivity contribution in [3.8, 4) is 0 Å². The maximum Gasteiger partial charge on any atom is 0.416 e. The van der Waals surface area contributed by atoms with Gasteiger partial charge >= 0.3 is 6.18 Å². The predicted octanol–water partition coefficient (Wildman–Crippen LogP) is 6.01. The van der Waals surface area contributed by atoms with Crippen LogP contribution < -0.4 is 9.62 Å². The second-order valence-corrected chi connectivity index (χ2v) is 12.3. The molecule has 0 radical (unpaired) electrons. The summed E-state index contributed by atoms with van der Waals surface area (Å²) in [6, 6.07) is 5.76. The van der Waals surface area contributed by atoms with Crippen LogP contribution in [-0.2, 0) is 32.3 Å². The molecular formula is C25H29Cl3F3N3O4S. The highest BCUT2D eigenvalue weighted by atomic mass is 35.5. The Morgan fingerprint density at radius 3 is 2.10 bits per heavy atom. The first kappa shape index (κ1) is 33.0. The normalized spacial score (nSPS) is 12.8. The molecule has 1 atom stereocenters. The molecule has 0 heterocycles. The largest absolute Gasteiger partial charge is 0.416 e. The number of alkyl halides is 3. The number of hydrogen-bond donors (Lipinski definition) is 1. The van der Waals surface area contributed by atoms with Crippen LogP contribution in [0.2, 0.25) is 15.1 Å².